The molecule has 31 heavy (non-hydrogen) atoms. The van der Waals surface area contributed by atoms with Gasteiger partial charge in [0.2, 0.25) is 10.0 Å². The van der Waals surface area contributed by atoms with Crippen molar-refractivity contribution >= 4 is 35.8 Å². The van der Waals surface area contributed by atoms with Crippen molar-refractivity contribution in [1.29, 1.82) is 0 Å². The number of benzene rings is 2. The van der Waals surface area contributed by atoms with Crippen LogP contribution in [0.2, 0.25) is 0 Å². The summed E-state index contributed by atoms with van der Waals surface area (Å²) in [7, 11) is -11.6. The molecule has 0 atom stereocenters. The summed E-state index contributed by atoms with van der Waals surface area (Å²) in [5, 5.41) is 0. The summed E-state index contributed by atoms with van der Waals surface area (Å²) < 4.78 is 77.0. The Balaban J connectivity index is 1.89. The van der Waals surface area contributed by atoms with Gasteiger partial charge >= 0.3 is 0 Å². The number of carbonyl (C=O) groups is 1. The van der Waals surface area contributed by atoms with Crippen molar-refractivity contribution in [3.8, 4) is 0 Å². The standard InChI is InChI=1S/C19H22N2O7S3/c1-14-5-6-17(31(27,28)21-11-3-4-12-21)13-18(14)19(22)20-30(25,26)16-9-7-15(8-10-16)29(2,23)24/h5-10,13H,3-4,11-12H2,1-2H3,(H,20,22). The summed E-state index contributed by atoms with van der Waals surface area (Å²) in [5.41, 5.74) is 0.317. The predicted molar refractivity (Wildman–Crippen MR) is 113 cm³/mol. The van der Waals surface area contributed by atoms with E-state index in [2.05, 4.69) is 0 Å². The van der Waals surface area contributed by atoms with Crippen molar-refractivity contribution in [3.63, 3.8) is 0 Å². The van der Waals surface area contributed by atoms with Crippen LogP contribution < -0.4 is 4.72 Å². The molecule has 2 aromatic carbocycles. The van der Waals surface area contributed by atoms with Gasteiger partial charge < -0.3 is 0 Å². The average Bonchev–Trinajstić information content (AvgIpc) is 3.23. The first-order valence-electron chi connectivity index (χ1n) is 9.30. The van der Waals surface area contributed by atoms with E-state index < -0.39 is 35.8 Å². The van der Waals surface area contributed by atoms with E-state index in [4.69, 9.17) is 0 Å². The Morgan fingerprint density at radius 2 is 1.35 bits per heavy atom. The molecule has 1 saturated heterocycles. The number of sulfone groups is 1. The van der Waals surface area contributed by atoms with Crippen LogP contribution in [0.5, 0.6) is 0 Å². The van der Waals surface area contributed by atoms with Crippen molar-refractivity contribution in [1.82, 2.24) is 9.03 Å². The van der Waals surface area contributed by atoms with Crippen molar-refractivity contribution in [2.45, 2.75) is 34.5 Å². The molecule has 1 aliphatic heterocycles. The van der Waals surface area contributed by atoms with Gasteiger partial charge in [-0.2, -0.15) is 4.31 Å². The van der Waals surface area contributed by atoms with E-state index in [0.717, 1.165) is 43.4 Å². The number of aryl methyl sites for hydroxylation is 1. The van der Waals surface area contributed by atoms with Crippen LogP contribution >= 0.6 is 0 Å². The Bertz CT molecular complexity index is 1330. The van der Waals surface area contributed by atoms with E-state index >= 15 is 0 Å². The van der Waals surface area contributed by atoms with Gasteiger partial charge in [0.25, 0.3) is 15.9 Å². The molecule has 9 nitrogen and oxygen atoms in total. The zero-order valence-electron chi connectivity index (χ0n) is 16.9. The SMILES string of the molecule is Cc1ccc(S(=O)(=O)N2CCCC2)cc1C(=O)NS(=O)(=O)c1ccc(S(C)(=O)=O)cc1. The smallest absolute Gasteiger partial charge is 0.265 e. The molecule has 0 spiro atoms. The number of rotatable bonds is 6. The summed E-state index contributed by atoms with van der Waals surface area (Å²) in [4.78, 5) is 12.2. The Kier molecular flexibility index (Phi) is 6.29. The molecule has 1 fully saturated rings. The van der Waals surface area contributed by atoms with E-state index in [1.165, 1.54) is 22.5 Å². The second-order valence-electron chi connectivity index (χ2n) is 7.27. The lowest BCUT2D eigenvalue weighted by Gasteiger charge is -2.17. The molecule has 2 aromatic rings. The lowest BCUT2D eigenvalue weighted by atomic mass is 10.1. The van der Waals surface area contributed by atoms with E-state index in [-0.39, 0.29) is 20.2 Å². The quantitative estimate of drug-likeness (QED) is 0.650. The Morgan fingerprint density at radius 1 is 0.839 bits per heavy atom. The molecule has 0 unspecified atom stereocenters. The average molecular weight is 487 g/mol. The number of sulfonamides is 2. The maximum absolute atomic E-state index is 12.8. The van der Waals surface area contributed by atoms with Crippen LogP contribution in [0.1, 0.15) is 28.8 Å². The summed E-state index contributed by atoms with van der Waals surface area (Å²) in [6, 6.07) is 8.41. The third kappa shape index (κ3) is 4.97. The molecule has 1 heterocycles. The first-order valence-corrected chi connectivity index (χ1v) is 14.1. The number of nitrogens with one attached hydrogen (secondary N) is 1. The van der Waals surface area contributed by atoms with Crippen LogP contribution in [0.15, 0.2) is 57.2 Å². The normalized spacial score (nSPS) is 15.7. The number of hydrogen-bond donors (Lipinski definition) is 1. The zero-order valence-corrected chi connectivity index (χ0v) is 19.3. The van der Waals surface area contributed by atoms with Gasteiger partial charge in [-0.15, -0.1) is 0 Å². The van der Waals surface area contributed by atoms with Gasteiger partial charge in [0.05, 0.1) is 14.7 Å². The first-order chi connectivity index (χ1) is 14.3. The van der Waals surface area contributed by atoms with Gasteiger partial charge in [-0.1, -0.05) is 6.07 Å². The molecule has 0 bridgehead atoms. The molecular formula is C19H22N2O7S3. The predicted octanol–water partition coefficient (Wildman–Crippen LogP) is 1.30. The van der Waals surface area contributed by atoms with Crippen LogP contribution in [-0.4, -0.2) is 54.8 Å². The molecular weight excluding hydrogens is 464 g/mol. The minimum atomic E-state index is -4.30. The highest BCUT2D eigenvalue weighted by Crippen LogP contribution is 2.23. The van der Waals surface area contributed by atoms with Gasteiger partial charge in [-0.25, -0.2) is 30.0 Å². The van der Waals surface area contributed by atoms with Gasteiger partial charge in [-0.05, 0) is 61.7 Å². The summed E-state index contributed by atoms with van der Waals surface area (Å²) in [6.07, 6.45) is 2.51. The summed E-state index contributed by atoms with van der Waals surface area (Å²) in [6.45, 7) is 2.36. The molecule has 1 amide bonds. The second kappa shape index (κ2) is 8.34. The van der Waals surface area contributed by atoms with Crippen molar-refractivity contribution < 1.29 is 30.0 Å². The van der Waals surface area contributed by atoms with E-state index in [0.29, 0.717) is 18.7 Å². The minimum absolute atomic E-state index is 0.0616. The highest BCUT2D eigenvalue weighted by Gasteiger charge is 2.29. The molecule has 1 aliphatic rings. The number of nitrogens with zero attached hydrogens (tertiary/aromatic N) is 1. The van der Waals surface area contributed by atoms with Crippen LogP contribution in [0.3, 0.4) is 0 Å². The molecule has 1 N–H and O–H groups in total. The Hall–Kier alpha value is -2.28. The lowest BCUT2D eigenvalue weighted by molar-refractivity contribution is 0.0980. The summed E-state index contributed by atoms with van der Waals surface area (Å²) in [5.74, 6) is -0.983. The van der Waals surface area contributed by atoms with E-state index in [9.17, 15) is 30.0 Å². The van der Waals surface area contributed by atoms with Crippen LogP contribution in [0.4, 0.5) is 0 Å². The van der Waals surface area contributed by atoms with Gasteiger partial charge in [0, 0.05) is 24.9 Å². The molecule has 0 saturated carbocycles. The van der Waals surface area contributed by atoms with Gasteiger partial charge in [-0.3, -0.25) is 4.79 Å². The monoisotopic (exact) mass is 486 g/mol. The third-order valence-corrected chi connectivity index (χ3v) is 9.32. The molecule has 0 aromatic heterocycles. The highest BCUT2D eigenvalue weighted by atomic mass is 32.2. The molecule has 3 rings (SSSR count). The first kappa shape index (κ1) is 23.4. The fraction of sp³-hybridized carbons (Fsp3) is 0.316. The third-order valence-electron chi connectivity index (χ3n) is 4.95. The van der Waals surface area contributed by atoms with E-state index in [1.807, 2.05) is 4.72 Å². The van der Waals surface area contributed by atoms with Crippen molar-refractivity contribution in [2.24, 2.45) is 0 Å². The Morgan fingerprint density at radius 3 is 1.90 bits per heavy atom. The van der Waals surface area contributed by atoms with Gasteiger partial charge in [0.15, 0.2) is 9.84 Å². The fourth-order valence-electron chi connectivity index (χ4n) is 3.19. The summed E-state index contributed by atoms with van der Waals surface area (Å²) >= 11 is 0. The highest BCUT2D eigenvalue weighted by molar-refractivity contribution is 7.91. The van der Waals surface area contributed by atoms with Crippen LogP contribution in [-0.2, 0) is 29.9 Å². The number of hydrogen-bond acceptors (Lipinski definition) is 7. The zero-order chi connectivity index (χ0) is 23.0. The molecule has 0 aliphatic carbocycles. The maximum Gasteiger partial charge on any atom is 0.265 e. The van der Waals surface area contributed by atoms with E-state index in [1.54, 1.807) is 6.92 Å². The second-order valence-corrected chi connectivity index (χ2v) is 12.9. The van der Waals surface area contributed by atoms with Crippen molar-refractivity contribution in [3.05, 3.63) is 53.6 Å². The Labute approximate surface area is 182 Å². The lowest BCUT2D eigenvalue weighted by Crippen LogP contribution is -2.32. The van der Waals surface area contributed by atoms with Crippen LogP contribution in [0.25, 0.3) is 0 Å². The molecule has 168 valence electrons. The maximum atomic E-state index is 12.8. The van der Waals surface area contributed by atoms with Crippen molar-refractivity contribution in [2.75, 3.05) is 19.3 Å². The fourth-order valence-corrected chi connectivity index (χ4v) is 6.33. The molecule has 12 heteroatoms. The number of amides is 1. The topological polar surface area (TPSA) is 135 Å². The largest absolute Gasteiger partial charge is 0.268 e. The molecule has 0 radical (unpaired) electrons. The van der Waals surface area contributed by atoms with Crippen LogP contribution in [0, 0.1) is 6.92 Å². The van der Waals surface area contributed by atoms with Gasteiger partial charge in [0.1, 0.15) is 0 Å². The number of carbonyl (C=O) groups excluding carboxylic acids is 1. The minimum Gasteiger partial charge on any atom is -0.268 e.